The van der Waals surface area contributed by atoms with E-state index in [1.54, 1.807) is 19.1 Å². The van der Waals surface area contributed by atoms with Gasteiger partial charge in [-0.3, -0.25) is 4.79 Å². The molecule has 2 N–H and O–H groups in total. The van der Waals surface area contributed by atoms with E-state index < -0.39 is 12.7 Å². The molecular formula is C19H22F2N2O2. The van der Waals surface area contributed by atoms with Gasteiger partial charge in [0.25, 0.3) is 0 Å². The Hall–Kier alpha value is -2.63. The van der Waals surface area contributed by atoms with Crippen molar-refractivity contribution >= 4 is 17.3 Å². The summed E-state index contributed by atoms with van der Waals surface area (Å²) < 4.78 is 29.3. The summed E-state index contributed by atoms with van der Waals surface area (Å²) in [6.45, 7) is 0.871. The number of para-hydroxylation sites is 2. The van der Waals surface area contributed by atoms with Crippen molar-refractivity contribution in [1.82, 2.24) is 0 Å². The highest BCUT2D eigenvalue weighted by Gasteiger charge is 2.16. The van der Waals surface area contributed by atoms with E-state index >= 15 is 0 Å². The molecule has 0 aliphatic rings. The van der Waals surface area contributed by atoms with Crippen molar-refractivity contribution in [3.63, 3.8) is 0 Å². The molecule has 25 heavy (non-hydrogen) atoms. The van der Waals surface area contributed by atoms with Crippen molar-refractivity contribution in [3.8, 4) is 5.75 Å². The van der Waals surface area contributed by atoms with Crippen molar-refractivity contribution in [2.75, 3.05) is 10.6 Å². The zero-order valence-electron chi connectivity index (χ0n) is 14.3. The number of amides is 1. The van der Waals surface area contributed by atoms with Crippen LogP contribution in [0.3, 0.4) is 0 Å². The van der Waals surface area contributed by atoms with Gasteiger partial charge in [-0.25, -0.2) is 0 Å². The second-order valence-electron chi connectivity index (χ2n) is 5.68. The molecule has 1 atom stereocenters. The number of ether oxygens (including phenoxy) is 1. The molecule has 0 saturated carbocycles. The second kappa shape index (κ2) is 9.01. The Bertz CT molecular complexity index is 690. The lowest BCUT2D eigenvalue weighted by Gasteiger charge is -2.17. The summed E-state index contributed by atoms with van der Waals surface area (Å²) in [5, 5.41) is 5.70. The maximum Gasteiger partial charge on any atom is 0.387 e. The van der Waals surface area contributed by atoms with Gasteiger partial charge in [-0.1, -0.05) is 37.6 Å². The van der Waals surface area contributed by atoms with Gasteiger partial charge in [0.1, 0.15) is 11.8 Å². The summed E-state index contributed by atoms with van der Waals surface area (Å²) in [5.41, 5.74) is 2.27. The van der Waals surface area contributed by atoms with Crippen LogP contribution in [0.2, 0.25) is 0 Å². The van der Waals surface area contributed by atoms with Crippen molar-refractivity contribution in [2.24, 2.45) is 0 Å². The van der Waals surface area contributed by atoms with Gasteiger partial charge < -0.3 is 15.4 Å². The average Bonchev–Trinajstić information content (AvgIpc) is 2.58. The minimum absolute atomic E-state index is 0.0676. The summed E-state index contributed by atoms with van der Waals surface area (Å²) in [6, 6.07) is 13.4. The lowest BCUT2D eigenvalue weighted by Crippen LogP contribution is -2.32. The van der Waals surface area contributed by atoms with Gasteiger partial charge in [-0.2, -0.15) is 8.78 Å². The quantitative estimate of drug-likeness (QED) is 0.728. The van der Waals surface area contributed by atoms with Gasteiger partial charge in [-0.05, 0) is 43.2 Å². The summed E-state index contributed by atoms with van der Waals surface area (Å²) in [5.74, 6) is -0.412. The summed E-state index contributed by atoms with van der Waals surface area (Å²) in [7, 11) is 0. The van der Waals surface area contributed by atoms with Crippen LogP contribution in [-0.4, -0.2) is 18.6 Å². The zero-order chi connectivity index (χ0) is 18.2. The van der Waals surface area contributed by atoms with Crippen molar-refractivity contribution in [2.45, 2.75) is 39.3 Å². The maximum atomic E-state index is 12.4. The van der Waals surface area contributed by atoms with Crippen LogP contribution in [0.25, 0.3) is 0 Å². The number of rotatable bonds is 8. The standard InChI is InChI=1S/C19H22F2N2O2/c1-3-6-14-9-11-15(12-10-14)22-13(2)18(24)23-16-7-4-5-8-17(16)25-19(20)21/h4-5,7-13,19,22H,3,6H2,1-2H3,(H,23,24). The van der Waals surface area contributed by atoms with E-state index in [0.29, 0.717) is 0 Å². The molecule has 0 aromatic heterocycles. The first-order valence-corrected chi connectivity index (χ1v) is 8.19. The van der Waals surface area contributed by atoms with Crippen LogP contribution in [0.15, 0.2) is 48.5 Å². The van der Waals surface area contributed by atoms with E-state index in [0.717, 1.165) is 18.5 Å². The first-order valence-electron chi connectivity index (χ1n) is 8.19. The Labute approximate surface area is 146 Å². The number of halogens is 2. The Morgan fingerprint density at radius 1 is 1.12 bits per heavy atom. The molecule has 0 fully saturated rings. The first kappa shape index (κ1) is 18.7. The van der Waals surface area contributed by atoms with E-state index in [4.69, 9.17) is 0 Å². The number of hydrogen-bond acceptors (Lipinski definition) is 3. The molecule has 2 aromatic rings. The number of anilines is 2. The second-order valence-corrected chi connectivity index (χ2v) is 5.68. The smallest absolute Gasteiger partial charge is 0.387 e. The molecule has 2 rings (SSSR count). The lowest BCUT2D eigenvalue weighted by atomic mass is 10.1. The van der Waals surface area contributed by atoms with Crippen LogP contribution in [0, 0.1) is 0 Å². The van der Waals surface area contributed by atoms with Crippen molar-refractivity contribution in [3.05, 3.63) is 54.1 Å². The molecule has 0 aliphatic heterocycles. The largest absolute Gasteiger partial charge is 0.433 e. The van der Waals surface area contributed by atoms with Crippen molar-refractivity contribution in [1.29, 1.82) is 0 Å². The Balaban J connectivity index is 1.98. The average molecular weight is 348 g/mol. The molecule has 1 unspecified atom stereocenters. The molecule has 134 valence electrons. The first-order chi connectivity index (χ1) is 12.0. The lowest BCUT2D eigenvalue weighted by molar-refractivity contribution is -0.116. The number of benzene rings is 2. The van der Waals surface area contributed by atoms with Crippen LogP contribution in [-0.2, 0) is 11.2 Å². The molecule has 4 nitrogen and oxygen atoms in total. The number of hydrogen-bond donors (Lipinski definition) is 2. The highest BCUT2D eigenvalue weighted by Crippen LogP contribution is 2.25. The highest BCUT2D eigenvalue weighted by atomic mass is 19.3. The van der Waals surface area contributed by atoms with Gasteiger partial charge in [0, 0.05) is 5.69 Å². The normalized spacial score (nSPS) is 11.9. The zero-order valence-corrected chi connectivity index (χ0v) is 14.3. The molecule has 0 spiro atoms. The third kappa shape index (κ3) is 5.74. The third-order valence-corrected chi connectivity index (χ3v) is 3.63. The van der Waals surface area contributed by atoms with E-state index in [2.05, 4.69) is 22.3 Å². The predicted octanol–water partition coefficient (Wildman–Crippen LogP) is 4.68. The summed E-state index contributed by atoms with van der Waals surface area (Å²) >= 11 is 0. The van der Waals surface area contributed by atoms with E-state index in [1.807, 2.05) is 24.3 Å². The van der Waals surface area contributed by atoms with Crippen LogP contribution < -0.4 is 15.4 Å². The van der Waals surface area contributed by atoms with Gasteiger partial charge >= 0.3 is 6.61 Å². The fourth-order valence-electron chi connectivity index (χ4n) is 2.38. The molecular weight excluding hydrogens is 326 g/mol. The van der Waals surface area contributed by atoms with Crippen LogP contribution in [0.5, 0.6) is 5.75 Å². The van der Waals surface area contributed by atoms with Gasteiger partial charge in [0.2, 0.25) is 5.91 Å². The third-order valence-electron chi connectivity index (χ3n) is 3.63. The van der Waals surface area contributed by atoms with E-state index in [-0.39, 0.29) is 17.3 Å². The number of carbonyl (C=O) groups is 1. The van der Waals surface area contributed by atoms with Crippen molar-refractivity contribution < 1.29 is 18.3 Å². The molecule has 0 heterocycles. The summed E-state index contributed by atoms with van der Waals surface area (Å²) in [4.78, 5) is 12.3. The number of aryl methyl sites for hydroxylation is 1. The monoisotopic (exact) mass is 348 g/mol. The Morgan fingerprint density at radius 3 is 2.44 bits per heavy atom. The Kier molecular flexibility index (Phi) is 6.74. The number of nitrogens with one attached hydrogen (secondary N) is 2. The van der Waals surface area contributed by atoms with E-state index in [1.165, 1.54) is 17.7 Å². The van der Waals surface area contributed by atoms with Crippen LogP contribution in [0.4, 0.5) is 20.2 Å². The molecule has 0 radical (unpaired) electrons. The van der Waals surface area contributed by atoms with Gasteiger partial charge in [0.05, 0.1) is 5.69 Å². The van der Waals surface area contributed by atoms with Crippen LogP contribution in [0.1, 0.15) is 25.8 Å². The van der Waals surface area contributed by atoms with Crippen LogP contribution >= 0.6 is 0 Å². The highest BCUT2D eigenvalue weighted by molar-refractivity contribution is 5.97. The molecule has 0 saturated heterocycles. The molecule has 1 amide bonds. The molecule has 0 bridgehead atoms. The minimum atomic E-state index is -2.95. The Morgan fingerprint density at radius 2 is 1.80 bits per heavy atom. The number of carbonyl (C=O) groups excluding carboxylic acids is 1. The number of alkyl halides is 2. The fraction of sp³-hybridized carbons (Fsp3) is 0.316. The predicted molar refractivity (Wildman–Crippen MR) is 95.2 cm³/mol. The van der Waals surface area contributed by atoms with E-state index in [9.17, 15) is 13.6 Å². The SMILES string of the molecule is CCCc1ccc(NC(C)C(=O)Nc2ccccc2OC(F)F)cc1. The molecule has 0 aliphatic carbocycles. The van der Waals surface area contributed by atoms with Gasteiger partial charge in [-0.15, -0.1) is 0 Å². The maximum absolute atomic E-state index is 12.4. The molecule has 6 heteroatoms. The topological polar surface area (TPSA) is 50.4 Å². The summed E-state index contributed by atoms with van der Waals surface area (Å²) in [6.07, 6.45) is 2.09. The molecule has 2 aromatic carbocycles. The van der Waals surface area contributed by atoms with Gasteiger partial charge in [0.15, 0.2) is 0 Å². The minimum Gasteiger partial charge on any atom is -0.433 e. The fourth-order valence-corrected chi connectivity index (χ4v) is 2.38.